The Morgan fingerprint density at radius 2 is 1.21 bits per heavy atom. The van der Waals surface area contributed by atoms with Crippen LogP contribution in [0.2, 0.25) is 0 Å². The minimum absolute atomic E-state index is 0.0163. The van der Waals surface area contributed by atoms with Gasteiger partial charge in [0.25, 0.3) is 0 Å². The van der Waals surface area contributed by atoms with Gasteiger partial charge in [-0.1, -0.05) is 120 Å². The molecular formula is C30H27BrO3. The summed E-state index contributed by atoms with van der Waals surface area (Å²) < 4.78 is 11.5. The molecule has 0 saturated carbocycles. The molecule has 0 aromatic heterocycles. The summed E-state index contributed by atoms with van der Waals surface area (Å²) in [5.74, 6) is 1.26. The third kappa shape index (κ3) is 5.57. The van der Waals surface area contributed by atoms with Crippen molar-refractivity contribution in [3.8, 4) is 11.5 Å². The zero-order valence-corrected chi connectivity index (χ0v) is 20.7. The van der Waals surface area contributed by atoms with Gasteiger partial charge in [-0.3, -0.25) is 4.79 Å². The van der Waals surface area contributed by atoms with Gasteiger partial charge < -0.3 is 9.47 Å². The molecule has 1 unspecified atom stereocenters. The van der Waals surface area contributed by atoms with Crippen LogP contribution in [0.4, 0.5) is 0 Å². The molecule has 0 N–H and O–H groups in total. The Morgan fingerprint density at radius 3 is 1.74 bits per heavy atom. The van der Waals surface area contributed by atoms with Gasteiger partial charge in [-0.25, -0.2) is 0 Å². The Kier molecular flexibility index (Phi) is 7.81. The Balaban J connectivity index is 1.65. The maximum atomic E-state index is 13.5. The third-order valence-corrected chi connectivity index (χ3v) is 7.14. The van der Waals surface area contributed by atoms with E-state index in [0.29, 0.717) is 36.7 Å². The minimum Gasteiger partial charge on any atom is -0.485 e. The number of rotatable bonds is 10. The number of hydrogen-bond donors (Lipinski definition) is 0. The third-order valence-electron chi connectivity index (χ3n) is 5.76. The van der Waals surface area contributed by atoms with Crippen molar-refractivity contribution in [1.29, 1.82) is 0 Å². The quantitative estimate of drug-likeness (QED) is 0.160. The number of halogens is 1. The van der Waals surface area contributed by atoms with Gasteiger partial charge in [0.05, 0.1) is 0 Å². The van der Waals surface area contributed by atoms with E-state index in [9.17, 15) is 4.79 Å². The van der Waals surface area contributed by atoms with Crippen LogP contribution in [0.25, 0.3) is 0 Å². The number of Topliss-reactive ketones (excluding diaryl/α,β-unsaturated/α-hetero) is 1. The van der Waals surface area contributed by atoms with Gasteiger partial charge in [0.2, 0.25) is 0 Å². The Morgan fingerprint density at radius 1 is 0.706 bits per heavy atom. The summed E-state index contributed by atoms with van der Waals surface area (Å²) in [7, 11) is 0. The van der Waals surface area contributed by atoms with E-state index in [0.717, 1.165) is 16.7 Å². The number of alkyl halides is 1. The van der Waals surface area contributed by atoms with Crippen molar-refractivity contribution in [3.05, 3.63) is 131 Å². The van der Waals surface area contributed by atoms with Crippen LogP contribution in [0, 0.1) is 0 Å². The second-order valence-corrected chi connectivity index (χ2v) is 9.41. The van der Waals surface area contributed by atoms with Crippen LogP contribution in [0.3, 0.4) is 0 Å². The maximum absolute atomic E-state index is 13.5. The molecule has 0 heterocycles. The molecule has 0 saturated heterocycles. The molecule has 0 aliphatic rings. The first kappa shape index (κ1) is 23.8. The van der Waals surface area contributed by atoms with E-state index in [1.165, 1.54) is 0 Å². The van der Waals surface area contributed by atoms with Gasteiger partial charge in [-0.05, 0) is 35.2 Å². The number of ketones is 1. The summed E-state index contributed by atoms with van der Waals surface area (Å²) in [6, 6.07) is 35.1. The van der Waals surface area contributed by atoms with E-state index in [1.54, 1.807) is 0 Å². The van der Waals surface area contributed by atoms with Gasteiger partial charge in [0.15, 0.2) is 17.3 Å². The lowest BCUT2D eigenvalue weighted by atomic mass is 9.88. The van der Waals surface area contributed by atoms with E-state index < -0.39 is 4.32 Å². The Labute approximate surface area is 209 Å². The lowest BCUT2D eigenvalue weighted by Crippen LogP contribution is -2.28. The normalized spacial score (nSPS) is 12.5. The van der Waals surface area contributed by atoms with Crippen LogP contribution in [0.5, 0.6) is 11.5 Å². The molecule has 0 aliphatic heterocycles. The number of benzene rings is 4. The summed E-state index contributed by atoms with van der Waals surface area (Å²) >= 11 is 3.78. The molecule has 1 atom stereocenters. The first-order valence-corrected chi connectivity index (χ1v) is 12.2. The highest BCUT2D eigenvalue weighted by Crippen LogP contribution is 2.42. The second-order valence-electron chi connectivity index (χ2n) is 8.06. The topological polar surface area (TPSA) is 35.5 Å². The van der Waals surface area contributed by atoms with Gasteiger partial charge in [-0.2, -0.15) is 0 Å². The first-order chi connectivity index (χ1) is 16.6. The maximum Gasteiger partial charge on any atom is 0.183 e. The minimum atomic E-state index is -0.864. The molecule has 0 aliphatic carbocycles. The van der Waals surface area contributed by atoms with Crippen LogP contribution >= 0.6 is 15.9 Å². The van der Waals surface area contributed by atoms with Crippen LogP contribution < -0.4 is 9.47 Å². The predicted molar refractivity (Wildman–Crippen MR) is 140 cm³/mol. The first-order valence-electron chi connectivity index (χ1n) is 11.4. The van der Waals surface area contributed by atoms with Gasteiger partial charge in [0.1, 0.15) is 17.5 Å². The fourth-order valence-electron chi connectivity index (χ4n) is 3.77. The standard InChI is InChI=1S/C30H27BrO3/c1-2-30(31,29(32)25-16-10-5-11-17-25)26-18-19-27(33-21-23-12-6-3-7-13-23)28(20-26)34-22-24-14-8-4-9-15-24/h3-20H,2,21-22H2,1H3. The highest BCUT2D eigenvalue weighted by Gasteiger charge is 2.37. The van der Waals surface area contributed by atoms with Crippen LogP contribution in [0.1, 0.15) is 40.4 Å². The van der Waals surface area contributed by atoms with E-state index >= 15 is 0 Å². The summed E-state index contributed by atoms with van der Waals surface area (Å²) in [6.45, 7) is 2.83. The molecule has 3 nitrogen and oxygen atoms in total. The van der Waals surface area contributed by atoms with Crippen LogP contribution in [0.15, 0.2) is 109 Å². The summed E-state index contributed by atoms with van der Waals surface area (Å²) in [5, 5.41) is 0. The molecule has 0 amide bonds. The average Bonchev–Trinajstić information content (AvgIpc) is 2.91. The number of carbonyl (C=O) groups is 1. The summed E-state index contributed by atoms with van der Waals surface area (Å²) in [6.07, 6.45) is 0.586. The van der Waals surface area contributed by atoms with Crippen molar-refractivity contribution in [2.75, 3.05) is 0 Å². The SMILES string of the molecule is CCC(Br)(C(=O)c1ccccc1)c1ccc(OCc2ccccc2)c(OCc2ccccc2)c1. The van der Waals surface area contributed by atoms with E-state index in [1.807, 2.05) is 116 Å². The average molecular weight is 515 g/mol. The van der Waals surface area contributed by atoms with Gasteiger partial charge >= 0.3 is 0 Å². The molecular weight excluding hydrogens is 488 g/mol. The van der Waals surface area contributed by atoms with Crippen molar-refractivity contribution in [2.24, 2.45) is 0 Å². The molecule has 4 rings (SSSR count). The van der Waals surface area contributed by atoms with Crippen LogP contribution in [-0.2, 0) is 17.5 Å². The molecule has 34 heavy (non-hydrogen) atoms. The van der Waals surface area contributed by atoms with Gasteiger partial charge in [-0.15, -0.1) is 0 Å². The van der Waals surface area contributed by atoms with Crippen molar-refractivity contribution in [1.82, 2.24) is 0 Å². The lowest BCUT2D eigenvalue weighted by molar-refractivity contribution is 0.0942. The molecule has 172 valence electrons. The predicted octanol–water partition coefficient (Wildman–Crippen LogP) is 7.73. The van der Waals surface area contributed by atoms with Crippen molar-refractivity contribution < 1.29 is 14.3 Å². The monoisotopic (exact) mass is 514 g/mol. The fourth-order valence-corrected chi connectivity index (χ4v) is 4.25. The van der Waals surface area contributed by atoms with Crippen molar-refractivity contribution in [2.45, 2.75) is 30.9 Å². The zero-order valence-electron chi connectivity index (χ0n) is 19.1. The number of hydrogen-bond acceptors (Lipinski definition) is 3. The lowest BCUT2D eigenvalue weighted by Gasteiger charge is -2.26. The molecule has 0 spiro atoms. The molecule has 4 heteroatoms. The van der Waals surface area contributed by atoms with Crippen molar-refractivity contribution >= 4 is 21.7 Å². The number of carbonyl (C=O) groups excluding carboxylic acids is 1. The van der Waals surface area contributed by atoms with Crippen LogP contribution in [-0.4, -0.2) is 5.78 Å². The summed E-state index contributed by atoms with van der Waals surface area (Å²) in [4.78, 5) is 13.5. The molecule has 0 radical (unpaired) electrons. The molecule has 4 aromatic carbocycles. The second kappa shape index (κ2) is 11.2. The highest BCUT2D eigenvalue weighted by molar-refractivity contribution is 9.10. The Hall–Kier alpha value is -3.37. The molecule has 0 fully saturated rings. The van der Waals surface area contributed by atoms with E-state index in [-0.39, 0.29) is 5.78 Å². The molecule has 4 aromatic rings. The highest BCUT2D eigenvalue weighted by atomic mass is 79.9. The molecule has 0 bridgehead atoms. The van der Waals surface area contributed by atoms with E-state index in [2.05, 4.69) is 15.9 Å². The van der Waals surface area contributed by atoms with E-state index in [4.69, 9.17) is 9.47 Å². The number of ether oxygens (including phenoxy) is 2. The van der Waals surface area contributed by atoms with Crippen molar-refractivity contribution in [3.63, 3.8) is 0 Å². The fraction of sp³-hybridized carbons (Fsp3) is 0.167. The zero-order chi connectivity index (χ0) is 23.8. The Bertz CT molecular complexity index is 1210. The van der Waals surface area contributed by atoms with Gasteiger partial charge in [0, 0.05) is 5.56 Å². The largest absolute Gasteiger partial charge is 0.485 e. The summed E-state index contributed by atoms with van der Waals surface area (Å²) in [5.41, 5.74) is 3.63. The smallest absolute Gasteiger partial charge is 0.183 e.